The Labute approximate surface area is 203 Å². The van der Waals surface area contributed by atoms with Crippen LogP contribution < -0.4 is 0 Å². The minimum absolute atomic E-state index is 0.150. The minimum atomic E-state index is -0.599. The molecule has 1 aliphatic rings. The van der Waals surface area contributed by atoms with Crippen LogP contribution in [-0.4, -0.2) is 52.8 Å². The number of aliphatic hydroxyl groups excluding tert-OH is 1. The number of rotatable bonds is 11. The number of aliphatic hydroxyl groups is 1. The quantitative estimate of drug-likeness (QED) is 0.449. The highest BCUT2D eigenvalue weighted by molar-refractivity contribution is 6.14. The Hall–Kier alpha value is -3.18. The lowest BCUT2D eigenvalue weighted by molar-refractivity contribution is -0.129. The largest absolute Gasteiger partial charge is 0.503 e. The number of ketones is 1. The molecule has 1 amide bonds. The SMILES string of the molecule is CCN(CC)CCCN1C(=O)C(O)=C(C(=O)/C=C/c2ccccc2)C1c1ccc(C(C)C)cc1. The van der Waals surface area contributed by atoms with Crippen molar-refractivity contribution in [2.45, 2.75) is 46.1 Å². The molecule has 5 nitrogen and oxygen atoms in total. The van der Waals surface area contributed by atoms with Crippen LogP contribution in [0.3, 0.4) is 0 Å². The molecule has 1 N–H and O–H groups in total. The molecule has 5 heteroatoms. The molecule has 3 rings (SSSR count). The van der Waals surface area contributed by atoms with Crippen LogP contribution in [0.1, 0.15) is 62.8 Å². The molecular formula is C29H36N2O3. The van der Waals surface area contributed by atoms with E-state index in [1.165, 1.54) is 11.6 Å². The Morgan fingerprint density at radius 3 is 2.29 bits per heavy atom. The number of hydrogen-bond donors (Lipinski definition) is 1. The van der Waals surface area contributed by atoms with Crippen LogP contribution in [0.15, 0.2) is 72.0 Å². The van der Waals surface area contributed by atoms with Gasteiger partial charge in [0.05, 0.1) is 11.6 Å². The first-order chi connectivity index (χ1) is 16.4. The standard InChI is InChI=1S/C29H36N2O3/c1-5-30(6-2)19-10-20-31-27(24-16-14-23(15-17-24)21(3)4)26(28(33)29(31)34)25(32)18-13-22-11-8-7-9-12-22/h7-9,11-18,21,27,33H,5-6,10,19-20H2,1-4H3/b18-13+. The molecule has 2 aromatic carbocycles. The summed E-state index contributed by atoms with van der Waals surface area (Å²) in [6.45, 7) is 11.7. The summed E-state index contributed by atoms with van der Waals surface area (Å²) in [7, 11) is 0. The van der Waals surface area contributed by atoms with E-state index in [1.807, 2.05) is 54.6 Å². The van der Waals surface area contributed by atoms with Crippen LogP contribution in [0.4, 0.5) is 0 Å². The molecule has 1 aliphatic heterocycles. The highest BCUT2D eigenvalue weighted by Gasteiger charge is 2.42. The van der Waals surface area contributed by atoms with Gasteiger partial charge in [-0.05, 0) is 54.7 Å². The van der Waals surface area contributed by atoms with Gasteiger partial charge in [0.2, 0.25) is 0 Å². The number of allylic oxidation sites excluding steroid dienone is 1. The highest BCUT2D eigenvalue weighted by atomic mass is 16.3. The smallest absolute Gasteiger partial charge is 0.290 e. The first-order valence-corrected chi connectivity index (χ1v) is 12.2. The normalized spacial score (nSPS) is 16.5. The second kappa shape index (κ2) is 11.8. The van der Waals surface area contributed by atoms with E-state index in [0.29, 0.717) is 12.5 Å². The molecule has 1 atom stereocenters. The van der Waals surface area contributed by atoms with E-state index >= 15 is 0 Å². The first kappa shape index (κ1) is 25.4. The van der Waals surface area contributed by atoms with E-state index in [0.717, 1.165) is 37.2 Å². The van der Waals surface area contributed by atoms with Crippen molar-refractivity contribution in [3.05, 3.63) is 88.7 Å². The van der Waals surface area contributed by atoms with Crippen molar-refractivity contribution in [2.75, 3.05) is 26.2 Å². The summed E-state index contributed by atoms with van der Waals surface area (Å²) < 4.78 is 0. The van der Waals surface area contributed by atoms with Gasteiger partial charge in [-0.15, -0.1) is 0 Å². The van der Waals surface area contributed by atoms with Crippen molar-refractivity contribution >= 4 is 17.8 Å². The summed E-state index contributed by atoms with van der Waals surface area (Å²) in [6.07, 6.45) is 3.93. The molecule has 1 unspecified atom stereocenters. The highest BCUT2D eigenvalue weighted by Crippen LogP contribution is 2.38. The fraction of sp³-hybridized carbons (Fsp3) is 0.379. The van der Waals surface area contributed by atoms with Crippen LogP contribution in [0.2, 0.25) is 0 Å². The fourth-order valence-corrected chi connectivity index (χ4v) is 4.38. The van der Waals surface area contributed by atoms with Gasteiger partial charge in [-0.1, -0.05) is 88.4 Å². The molecule has 2 aromatic rings. The van der Waals surface area contributed by atoms with E-state index < -0.39 is 17.7 Å². The van der Waals surface area contributed by atoms with Gasteiger partial charge >= 0.3 is 0 Å². The lowest BCUT2D eigenvalue weighted by Gasteiger charge is -2.28. The van der Waals surface area contributed by atoms with Gasteiger partial charge in [0.15, 0.2) is 11.5 Å². The first-order valence-electron chi connectivity index (χ1n) is 12.2. The van der Waals surface area contributed by atoms with Crippen molar-refractivity contribution in [1.82, 2.24) is 9.80 Å². The molecular weight excluding hydrogens is 424 g/mol. The van der Waals surface area contributed by atoms with Crippen molar-refractivity contribution in [1.29, 1.82) is 0 Å². The number of amides is 1. The zero-order chi connectivity index (χ0) is 24.7. The summed E-state index contributed by atoms with van der Waals surface area (Å²) >= 11 is 0. The maximum atomic E-state index is 13.3. The second-order valence-electron chi connectivity index (χ2n) is 8.97. The summed E-state index contributed by atoms with van der Waals surface area (Å²) in [5, 5.41) is 10.8. The Bertz CT molecular complexity index is 1030. The Balaban J connectivity index is 1.91. The lowest BCUT2D eigenvalue weighted by Crippen LogP contribution is -2.34. The van der Waals surface area contributed by atoms with Crippen LogP contribution in [-0.2, 0) is 9.59 Å². The molecule has 0 bridgehead atoms. The number of hydrogen-bond acceptors (Lipinski definition) is 4. The van der Waals surface area contributed by atoms with E-state index in [4.69, 9.17) is 0 Å². The molecule has 0 radical (unpaired) electrons. The predicted molar refractivity (Wildman–Crippen MR) is 138 cm³/mol. The third-order valence-electron chi connectivity index (χ3n) is 6.48. The summed E-state index contributed by atoms with van der Waals surface area (Å²) in [4.78, 5) is 30.3. The lowest BCUT2D eigenvalue weighted by atomic mass is 9.93. The van der Waals surface area contributed by atoms with Gasteiger partial charge < -0.3 is 14.9 Å². The van der Waals surface area contributed by atoms with Crippen LogP contribution in [0, 0.1) is 0 Å². The number of benzene rings is 2. The van der Waals surface area contributed by atoms with Gasteiger partial charge in [0, 0.05) is 6.54 Å². The van der Waals surface area contributed by atoms with E-state index in [1.54, 1.807) is 11.0 Å². The number of nitrogens with zero attached hydrogens (tertiary/aromatic N) is 2. The van der Waals surface area contributed by atoms with Gasteiger partial charge in [-0.25, -0.2) is 0 Å². The number of carbonyl (C=O) groups excluding carboxylic acids is 2. The van der Waals surface area contributed by atoms with Gasteiger partial charge in [0.25, 0.3) is 5.91 Å². The van der Waals surface area contributed by atoms with Crippen molar-refractivity contribution < 1.29 is 14.7 Å². The summed E-state index contributed by atoms with van der Waals surface area (Å²) in [6, 6.07) is 16.9. The maximum absolute atomic E-state index is 13.3. The molecule has 0 saturated carbocycles. The van der Waals surface area contributed by atoms with E-state index in [2.05, 4.69) is 32.6 Å². The Morgan fingerprint density at radius 1 is 1.06 bits per heavy atom. The number of carbonyl (C=O) groups is 2. The third-order valence-corrected chi connectivity index (χ3v) is 6.48. The van der Waals surface area contributed by atoms with E-state index in [-0.39, 0.29) is 11.4 Å². The van der Waals surface area contributed by atoms with Gasteiger partial charge in [-0.2, -0.15) is 0 Å². The van der Waals surface area contributed by atoms with Crippen molar-refractivity contribution in [3.63, 3.8) is 0 Å². The molecule has 0 aliphatic carbocycles. The van der Waals surface area contributed by atoms with Crippen molar-refractivity contribution in [3.8, 4) is 0 Å². The monoisotopic (exact) mass is 460 g/mol. The topological polar surface area (TPSA) is 60.9 Å². The molecule has 1 heterocycles. The maximum Gasteiger partial charge on any atom is 0.290 e. The zero-order valence-electron chi connectivity index (χ0n) is 20.7. The Kier molecular flexibility index (Phi) is 8.83. The summed E-state index contributed by atoms with van der Waals surface area (Å²) in [5.41, 5.74) is 3.05. The average Bonchev–Trinajstić information content (AvgIpc) is 3.11. The third kappa shape index (κ3) is 5.84. The molecule has 0 aromatic heterocycles. The van der Waals surface area contributed by atoms with E-state index in [9.17, 15) is 14.7 Å². The Morgan fingerprint density at radius 2 is 1.71 bits per heavy atom. The molecule has 180 valence electrons. The van der Waals surface area contributed by atoms with Crippen LogP contribution >= 0.6 is 0 Å². The molecule has 34 heavy (non-hydrogen) atoms. The van der Waals surface area contributed by atoms with Crippen LogP contribution in [0.25, 0.3) is 6.08 Å². The van der Waals surface area contributed by atoms with Crippen molar-refractivity contribution in [2.24, 2.45) is 0 Å². The summed E-state index contributed by atoms with van der Waals surface area (Å²) in [5.74, 6) is -0.889. The second-order valence-corrected chi connectivity index (χ2v) is 8.97. The molecule has 0 spiro atoms. The van der Waals surface area contributed by atoms with Crippen LogP contribution in [0.5, 0.6) is 0 Å². The molecule has 0 fully saturated rings. The van der Waals surface area contributed by atoms with Gasteiger partial charge in [0.1, 0.15) is 0 Å². The predicted octanol–water partition coefficient (Wildman–Crippen LogP) is 5.52. The zero-order valence-corrected chi connectivity index (χ0v) is 20.7. The average molecular weight is 461 g/mol. The fourth-order valence-electron chi connectivity index (χ4n) is 4.38. The van der Waals surface area contributed by atoms with Gasteiger partial charge in [-0.3, -0.25) is 9.59 Å². The molecule has 0 saturated heterocycles. The minimum Gasteiger partial charge on any atom is -0.503 e.